The molecule has 2 aliphatic rings. The molecule has 2 saturated heterocycles. The van der Waals surface area contributed by atoms with E-state index in [2.05, 4.69) is 0 Å². The number of amides is 2. The van der Waals surface area contributed by atoms with Gasteiger partial charge in [0.1, 0.15) is 8.64 Å². The maximum atomic E-state index is 12.4. The largest absolute Gasteiger partial charge is 0.463 e. The van der Waals surface area contributed by atoms with Crippen molar-refractivity contribution in [2.24, 2.45) is 0 Å². The van der Waals surface area contributed by atoms with Gasteiger partial charge >= 0.3 is 11.9 Å². The first kappa shape index (κ1) is 22.5. The van der Waals surface area contributed by atoms with Crippen LogP contribution in [0.1, 0.15) is 13.8 Å². The second kappa shape index (κ2) is 10.1. The van der Waals surface area contributed by atoms with E-state index in [0.717, 1.165) is 35.7 Å². The zero-order chi connectivity index (χ0) is 20.8. The SMILES string of the molecule is CCOC(=O)/C=C1\SC(=S)N(CCN2C(=O)/C(=C/C(=O)OCC)SC2=S)C1=O. The molecule has 0 aliphatic carbocycles. The summed E-state index contributed by atoms with van der Waals surface area (Å²) in [6.45, 7) is 3.92. The third-order valence-corrected chi connectivity index (χ3v) is 6.12. The van der Waals surface area contributed by atoms with E-state index in [-0.39, 0.29) is 44.8 Å². The first-order chi connectivity index (χ1) is 13.3. The Balaban J connectivity index is 2.02. The third-order valence-electron chi connectivity index (χ3n) is 3.37. The van der Waals surface area contributed by atoms with Crippen molar-refractivity contribution in [1.82, 2.24) is 9.80 Å². The van der Waals surface area contributed by atoms with E-state index in [1.54, 1.807) is 13.8 Å². The molecule has 0 N–H and O–H groups in total. The van der Waals surface area contributed by atoms with Crippen LogP contribution in [0.15, 0.2) is 22.0 Å². The van der Waals surface area contributed by atoms with Gasteiger partial charge in [-0.3, -0.25) is 19.4 Å². The van der Waals surface area contributed by atoms with Gasteiger partial charge in [-0.25, -0.2) is 9.59 Å². The first-order valence-electron chi connectivity index (χ1n) is 8.12. The first-order valence-corrected chi connectivity index (χ1v) is 10.6. The fourth-order valence-corrected chi connectivity index (χ4v) is 4.70. The van der Waals surface area contributed by atoms with Gasteiger partial charge in [-0.15, -0.1) is 0 Å². The quantitative estimate of drug-likeness (QED) is 0.317. The van der Waals surface area contributed by atoms with Crippen molar-refractivity contribution in [2.75, 3.05) is 26.3 Å². The van der Waals surface area contributed by atoms with Gasteiger partial charge in [-0.05, 0) is 13.8 Å². The molecule has 2 fully saturated rings. The van der Waals surface area contributed by atoms with Crippen LogP contribution in [-0.4, -0.2) is 68.5 Å². The minimum Gasteiger partial charge on any atom is -0.463 e. The molecule has 0 aromatic carbocycles. The average Bonchev–Trinajstić information content (AvgIpc) is 3.03. The summed E-state index contributed by atoms with van der Waals surface area (Å²) in [7, 11) is 0. The Hall–Kier alpha value is -1.76. The molecule has 2 aliphatic heterocycles. The lowest BCUT2D eigenvalue weighted by Gasteiger charge is -2.19. The molecule has 150 valence electrons. The number of thioether (sulfide) groups is 2. The molecule has 0 atom stereocenters. The lowest BCUT2D eigenvalue weighted by atomic mass is 10.4. The van der Waals surface area contributed by atoms with E-state index in [1.807, 2.05) is 0 Å². The Morgan fingerprint density at radius 3 is 1.54 bits per heavy atom. The topological polar surface area (TPSA) is 93.2 Å². The fourth-order valence-electron chi connectivity index (χ4n) is 2.17. The second-order valence-corrected chi connectivity index (χ2v) is 8.52. The van der Waals surface area contributed by atoms with Crippen molar-refractivity contribution in [1.29, 1.82) is 0 Å². The molecule has 28 heavy (non-hydrogen) atoms. The Kier molecular flexibility index (Phi) is 8.16. The molecule has 0 aromatic heterocycles. The highest BCUT2D eigenvalue weighted by molar-refractivity contribution is 8.27. The molecule has 0 radical (unpaired) electrons. The van der Waals surface area contributed by atoms with Gasteiger partial charge in [-0.1, -0.05) is 48.0 Å². The van der Waals surface area contributed by atoms with E-state index in [1.165, 1.54) is 9.80 Å². The highest BCUT2D eigenvalue weighted by atomic mass is 32.2. The van der Waals surface area contributed by atoms with Crippen molar-refractivity contribution in [2.45, 2.75) is 13.8 Å². The highest BCUT2D eigenvalue weighted by Crippen LogP contribution is 2.33. The molecule has 0 aromatic rings. The van der Waals surface area contributed by atoms with Crippen molar-refractivity contribution >= 4 is 80.4 Å². The number of hydrogen-bond acceptors (Lipinski definition) is 10. The zero-order valence-electron chi connectivity index (χ0n) is 15.0. The second-order valence-electron chi connectivity index (χ2n) is 5.17. The maximum Gasteiger partial charge on any atom is 0.332 e. The van der Waals surface area contributed by atoms with Gasteiger partial charge in [0, 0.05) is 25.2 Å². The van der Waals surface area contributed by atoms with Crippen LogP contribution in [0.4, 0.5) is 0 Å². The number of hydrogen-bond donors (Lipinski definition) is 0. The Bertz CT molecular complexity index is 741. The van der Waals surface area contributed by atoms with Gasteiger partial charge in [-0.2, -0.15) is 0 Å². The Morgan fingerprint density at radius 1 is 0.857 bits per heavy atom. The summed E-state index contributed by atoms with van der Waals surface area (Å²) in [6.07, 6.45) is 2.20. The third kappa shape index (κ3) is 5.40. The van der Waals surface area contributed by atoms with Crippen LogP contribution < -0.4 is 0 Å². The van der Waals surface area contributed by atoms with Gasteiger partial charge in [0.05, 0.1) is 23.0 Å². The molecule has 0 bridgehead atoms. The predicted molar refractivity (Wildman–Crippen MR) is 113 cm³/mol. The van der Waals surface area contributed by atoms with E-state index >= 15 is 0 Å². The Labute approximate surface area is 180 Å². The van der Waals surface area contributed by atoms with Gasteiger partial charge in [0.25, 0.3) is 11.8 Å². The minimum atomic E-state index is -0.621. The number of nitrogens with zero attached hydrogens (tertiary/aromatic N) is 2. The molecule has 12 heteroatoms. The molecule has 2 heterocycles. The minimum absolute atomic E-state index is 0.101. The summed E-state index contributed by atoms with van der Waals surface area (Å²) in [5.74, 6) is -2.11. The van der Waals surface area contributed by atoms with Gasteiger partial charge in [0.2, 0.25) is 0 Å². The molecule has 2 rings (SSSR count). The highest BCUT2D eigenvalue weighted by Gasteiger charge is 2.36. The predicted octanol–water partition coefficient (Wildman–Crippen LogP) is 1.60. The van der Waals surface area contributed by atoms with E-state index < -0.39 is 23.8 Å². The van der Waals surface area contributed by atoms with E-state index in [0.29, 0.717) is 0 Å². The maximum absolute atomic E-state index is 12.4. The van der Waals surface area contributed by atoms with Gasteiger partial charge < -0.3 is 9.47 Å². The molecule has 0 unspecified atom stereocenters. The summed E-state index contributed by atoms with van der Waals surface area (Å²) in [5, 5.41) is 0. The standard InChI is InChI=1S/C16H16N2O6S4/c1-3-23-11(19)7-9-13(21)17(15(25)27-9)5-6-18-14(22)10(28-16(18)26)8-12(20)24-4-2/h7-8H,3-6H2,1-2H3/b9-7-,10-8-. The molecule has 2 amide bonds. The molecule has 0 spiro atoms. The monoisotopic (exact) mass is 460 g/mol. The van der Waals surface area contributed by atoms with Crippen LogP contribution in [0.25, 0.3) is 0 Å². The van der Waals surface area contributed by atoms with Crippen LogP contribution >= 0.6 is 48.0 Å². The molecular formula is C16H16N2O6S4. The fraction of sp³-hybridized carbons (Fsp3) is 0.375. The number of carbonyl (C=O) groups is 4. The normalized spacial score (nSPS) is 19.9. The van der Waals surface area contributed by atoms with Crippen molar-refractivity contribution in [3.63, 3.8) is 0 Å². The number of rotatable bonds is 7. The molecular weight excluding hydrogens is 444 g/mol. The summed E-state index contributed by atoms with van der Waals surface area (Å²) >= 11 is 12.3. The van der Waals surface area contributed by atoms with Crippen LogP contribution in [0.5, 0.6) is 0 Å². The summed E-state index contributed by atoms with van der Waals surface area (Å²) in [6, 6.07) is 0. The van der Waals surface area contributed by atoms with Crippen molar-refractivity contribution in [3.8, 4) is 0 Å². The smallest absolute Gasteiger partial charge is 0.332 e. The van der Waals surface area contributed by atoms with Crippen LogP contribution in [0.3, 0.4) is 0 Å². The molecule has 0 saturated carbocycles. The average molecular weight is 461 g/mol. The van der Waals surface area contributed by atoms with E-state index in [4.69, 9.17) is 33.9 Å². The van der Waals surface area contributed by atoms with Gasteiger partial charge in [0.15, 0.2) is 0 Å². The van der Waals surface area contributed by atoms with Crippen molar-refractivity contribution in [3.05, 3.63) is 22.0 Å². The number of esters is 2. The lowest BCUT2D eigenvalue weighted by Crippen LogP contribution is -2.39. The van der Waals surface area contributed by atoms with Crippen molar-refractivity contribution < 1.29 is 28.7 Å². The number of carbonyl (C=O) groups excluding carboxylic acids is 4. The number of thiocarbonyl (C=S) groups is 2. The summed E-state index contributed by atoms with van der Waals surface area (Å²) < 4.78 is 10.1. The summed E-state index contributed by atoms with van der Waals surface area (Å²) in [5.41, 5.74) is 0. The lowest BCUT2D eigenvalue weighted by molar-refractivity contribution is -0.138. The van der Waals surface area contributed by atoms with Crippen LogP contribution in [-0.2, 0) is 28.7 Å². The number of ether oxygens (including phenoxy) is 2. The van der Waals surface area contributed by atoms with Crippen LogP contribution in [0.2, 0.25) is 0 Å². The summed E-state index contributed by atoms with van der Waals surface area (Å²) in [4.78, 5) is 50.9. The van der Waals surface area contributed by atoms with E-state index in [9.17, 15) is 19.2 Å². The molecule has 8 nitrogen and oxygen atoms in total. The Morgan fingerprint density at radius 2 is 1.21 bits per heavy atom. The van der Waals surface area contributed by atoms with Crippen LogP contribution in [0, 0.1) is 0 Å². The zero-order valence-corrected chi connectivity index (χ0v) is 18.2.